The van der Waals surface area contributed by atoms with Crippen molar-refractivity contribution in [2.75, 3.05) is 34.5 Å². The molecule has 5 nitrogen and oxygen atoms in total. The summed E-state index contributed by atoms with van der Waals surface area (Å²) in [4.78, 5) is 1.95. The van der Waals surface area contributed by atoms with Gasteiger partial charge in [-0.05, 0) is 35.4 Å². The zero-order valence-electron chi connectivity index (χ0n) is 19.2. The molecular weight excluding hydrogens is 447 g/mol. The summed E-state index contributed by atoms with van der Waals surface area (Å²) in [5, 5.41) is 0. The first kappa shape index (κ1) is 23.8. The SMILES string of the molecule is COc1cc(-c2cccc(OC)c2OC)cc2c1OCCN(Cc1ccccc1C(F)(F)F)C2. The molecule has 1 aliphatic heterocycles. The van der Waals surface area contributed by atoms with Crippen molar-refractivity contribution in [2.24, 2.45) is 0 Å². The predicted molar refractivity (Wildman–Crippen MR) is 123 cm³/mol. The van der Waals surface area contributed by atoms with E-state index in [1.807, 2.05) is 35.2 Å². The average Bonchev–Trinajstić information content (AvgIpc) is 3.04. The fraction of sp³-hybridized carbons (Fsp3) is 0.308. The van der Waals surface area contributed by atoms with E-state index in [9.17, 15) is 13.2 Å². The molecular formula is C26H26F3NO4. The van der Waals surface area contributed by atoms with Crippen LogP contribution in [-0.2, 0) is 19.3 Å². The van der Waals surface area contributed by atoms with Gasteiger partial charge in [0, 0.05) is 30.8 Å². The molecule has 0 spiro atoms. The zero-order valence-corrected chi connectivity index (χ0v) is 19.2. The Bertz CT molecular complexity index is 1160. The van der Waals surface area contributed by atoms with E-state index in [2.05, 4.69) is 0 Å². The lowest BCUT2D eigenvalue weighted by atomic mass is 9.99. The topological polar surface area (TPSA) is 40.2 Å². The lowest BCUT2D eigenvalue weighted by Gasteiger charge is -2.22. The highest BCUT2D eigenvalue weighted by Gasteiger charge is 2.33. The van der Waals surface area contributed by atoms with Crippen molar-refractivity contribution in [3.63, 3.8) is 0 Å². The number of benzene rings is 3. The van der Waals surface area contributed by atoms with Crippen LogP contribution in [0.2, 0.25) is 0 Å². The number of alkyl halides is 3. The van der Waals surface area contributed by atoms with Gasteiger partial charge < -0.3 is 18.9 Å². The molecule has 180 valence electrons. The average molecular weight is 473 g/mol. The highest BCUT2D eigenvalue weighted by molar-refractivity contribution is 5.77. The van der Waals surface area contributed by atoms with Crippen molar-refractivity contribution in [3.8, 4) is 34.1 Å². The van der Waals surface area contributed by atoms with Gasteiger partial charge in [-0.2, -0.15) is 13.2 Å². The van der Waals surface area contributed by atoms with Crippen LogP contribution < -0.4 is 18.9 Å². The van der Waals surface area contributed by atoms with Crippen LogP contribution in [0.15, 0.2) is 54.6 Å². The second-order valence-electron chi connectivity index (χ2n) is 7.92. The summed E-state index contributed by atoms with van der Waals surface area (Å²) >= 11 is 0. The van der Waals surface area contributed by atoms with E-state index in [0.717, 1.165) is 22.8 Å². The van der Waals surface area contributed by atoms with Gasteiger partial charge in [0.2, 0.25) is 0 Å². The van der Waals surface area contributed by atoms with Crippen LogP contribution in [0.5, 0.6) is 23.0 Å². The van der Waals surface area contributed by atoms with Crippen molar-refractivity contribution < 1.29 is 32.1 Å². The third kappa shape index (κ3) is 4.77. The molecule has 8 heteroatoms. The van der Waals surface area contributed by atoms with Crippen LogP contribution in [0.25, 0.3) is 11.1 Å². The highest BCUT2D eigenvalue weighted by atomic mass is 19.4. The minimum atomic E-state index is -4.41. The smallest absolute Gasteiger partial charge is 0.416 e. The van der Waals surface area contributed by atoms with Crippen molar-refractivity contribution in [2.45, 2.75) is 19.3 Å². The van der Waals surface area contributed by atoms with Crippen molar-refractivity contribution >= 4 is 0 Å². The van der Waals surface area contributed by atoms with Gasteiger partial charge in [-0.3, -0.25) is 4.90 Å². The molecule has 0 aliphatic carbocycles. The molecule has 0 aromatic heterocycles. The first-order chi connectivity index (χ1) is 16.4. The maximum absolute atomic E-state index is 13.5. The van der Waals surface area contributed by atoms with Crippen LogP contribution in [-0.4, -0.2) is 39.4 Å². The maximum atomic E-state index is 13.5. The molecule has 0 saturated heterocycles. The summed E-state index contributed by atoms with van der Waals surface area (Å²) in [6.07, 6.45) is -4.41. The Morgan fingerprint density at radius 1 is 0.912 bits per heavy atom. The van der Waals surface area contributed by atoms with Crippen LogP contribution in [0.4, 0.5) is 13.2 Å². The molecule has 0 unspecified atom stereocenters. The number of ether oxygens (including phenoxy) is 4. The summed E-state index contributed by atoms with van der Waals surface area (Å²) in [6, 6.07) is 15.1. The Hall–Kier alpha value is -3.39. The van der Waals surface area contributed by atoms with Gasteiger partial charge >= 0.3 is 6.18 Å². The number of halogens is 3. The number of hydrogen-bond donors (Lipinski definition) is 0. The van der Waals surface area contributed by atoms with Gasteiger partial charge in [0.1, 0.15) is 6.61 Å². The number of hydrogen-bond acceptors (Lipinski definition) is 5. The van der Waals surface area contributed by atoms with Gasteiger partial charge in [0.05, 0.1) is 26.9 Å². The molecule has 1 heterocycles. The number of rotatable bonds is 6. The van der Waals surface area contributed by atoms with Gasteiger partial charge in [0.25, 0.3) is 0 Å². The third-order valence-electron chi connectivity index (χ3n) is 5.83. The number of methoxy groups -OCH3 is 3. The van der Waals surface area contributed by atoms with Crippen molar-refractivity contribution in [1.82, 2.24) is 4.90 Å². The van der Waals surface area contributed by atoms with E-state index in [0.29, 0.717) is 42.7 Å². The Morgan fingerprint density at radius 2 is 1.68 bits per heavy atom. The molecule has 0 atom stereocenters. The maximum Gasteiger partial charge on any atom is 0.416 e. The Balaban J connectivity index is 1.72. The molecule has 0 bridgehead atoms. The lowest BCUT2D eigenvalue weighted by Crippen LogP contribution is -2.26. The largest absolute Gasteiger partial charge is 0.493 e. The molecule has 0 N–H and O–H groups in total. The number of para-hydroxylation sites is 1. The third-order valence-corrected chi connectivity index (χ3v) is 5.83. The number of nitrogens with zero attached hydrogens (tertiary/aromatic N) is 1. The summed E-state index contributed by atoms with van der Waals surface area (Å²) < 4.78 is 63.2. The van der Waals surface area contributed by atoms with Crippen LogP contribution in [0.3, 0.4) is 0 Å². The van der Waals surface area contributed by atoms with E-state index in [1.165, 1.54) is 12.1 Å². The predicted octanol–water partition coefficient (Wildman–Crippen LogP) is 5.79. The summed E-state index contributed by atoms with van der Waals surface area (Å²) in [6.45, 7) is 1.35. The quantitative estimate of drug-likeness (QED) is 0.453. The van der Waals surface area contributed by atoms with Crippen LogP contribution >= 0.6 is 0 Å². The molecule has 34 heavy (non-hydrogen) atoms. The Morgan fingerprint density at radius 3 is 2.38 bits per heavy atom. The fourth-order valence-electron chi connectivity index (χ4n) is 4.27. The lowest BCUT2D eigenvalue weighted by molar-refractivity contribution is -0.138. The number of fused-ring (bicyclic) bond motifs is 1. The molecule has 0 fully saturated rings. The Labute approximate surface area is 196 Å². The summed E-state index contributed by atoms with van der Waals surface area (Å²) in [5.41, 5.74) is 2.07. The van der Waals surface area contributed by atoms with E-state index in [4.69, 9.17) is 18.9 Å². The normalized spacial score (nSPS) is 14.1. The van der Waals surface area contributed by atoms with E-state index in [1.54, 1.807) is 27.4 Å². The second-order valence-corrected chi connectivity index (χ2v) is 7.92. The van der Waals surface area contributed by atoms with E-state index >= 15 is 0 Å². The van der Waals surface area contributed by atoms with Crippen molar-refractivity contribution in [1.29, 1.82) is 0 Å². The van der Waals surface area contributed by atoms with Gasteiger partial charge in [-0.1, -0.05) is 30.3 Å². The van der Waals surface area contributed by atoms with Crippen LogP contribution in [0.1, 0.15) is 16.7 Å². The van der Waals surface area contributed by atoms with Gasteiger partial charge in [-0.15, -0.1) is 0 Å². The molecule has 0 radical (unpaired) electrons. The highest BCUT2D eigenvalue weighted by Crippen LogP contribution is 2.43. The van der Waals surface area contributed by atoms with E-state index < -0.39 is 11.7 Å². The minimum absolute atomic E-state index is 0.146. The van der Waals surface area contributed by atoms with Gasteiger partial charge in [-0.25, -0.2) is 0 Å². The van der Waals surface area contributed by atoms with Crippen molar-refractivity contribution in [3.05, 3.63) is 71.3 Å². The first-order valence-corrected chi connectivity index (χ1v) is 10.8. The molecule has 0 amide bonds. The first-order valence-electron chi connectivity index (χ1n) is 10.8. The van der Waals surface area contributed by atoms with E-state index in [-0.39, 0.29) is 12.1 Å². The minimum Gasteiger partial charge on any atom is -0.493 e. The standard InChI is InChI=1S/C26H26F3NO4/c1-31-22-10-6-8-20(25(22)33-3)18-13-19-16-30(11-12-34-24(19)23(14-18)32-2)15-17-7-4-5-9-21(17)26(27,28)29/h4-10,13-14H,11-12,15-16H2,1-3H3. The summed E-state index contributed by atoms with van der Waals surface area (Å²) in [5.74, 6) is 2.32. The monoisotopic (exact) mass is 473 g/mol. The zero-order chi connectivity index (χ0) is 24.3. The fourth-order valence-corrected chi connectivity index (χ4v) is 4.27. The summed E-state index contributed by atoms with van der Waals surface area (Å²) in [7, 11) is 4.71. The molecule has 1 aliphatic rings. The van der Waals surface area contributed by atoms with Crippen LogP contribution in [0, 0.1) is 0 Å². The molecule has 0 saturated carbocycles. The molecule has 4 rings (SSSR count). The molecule has 3 aromatic rings. The van der Waals surface area contributed by atoms with Gasteiger partial charge in [0.15, 0.2) is 23.0 Å². The molecule has 3 aromatic carbocycles. The Kier molecular flexibility index (Phi) is 6.88. The second kappa shape index (κ2) is 9.85.